The normalized spacial score (nSPS) is 16.8. The molecule has 1 aromatic carbocycles. The maximum atomic E-state index is 13.6. The molecule has 0 heterocycles. The van der Waals surface area contributed by atoms with E-state index in [1.54, 1.807) is 24.1 Å². The van der Waals surface area contributed by atoms with Crippen LogP contribution >= 0.6 is 0 Å². The number of para-hydroxylation sites is 1. The van der Waals surface area contributed by atoms with Crippen molar-refractivity contribution >= 4 is 11.5 Å². The van der Waals surface area contributed by atoms with Crippen LogP contribution in [0.1, 0.15) is 32.1 Å². The number of amidine groups is 1. The van der Waals surface area contributed by atoms with Gasteiger partial charge in [0.25, 0.3) is 0 Å². The minimum atomic E-state index is -0.254. The van der Waals surface area contributed by atoms with E-state index in [9.17, 15) is 4.39 Å². The summed E-state index contributed by atoms with van der Waals surface area (Å²) in [4.78, 5) is 1.69. The summed E-state index contributed by atoms with van der Waals surface area (Å²) in [5.74, 6) is 0.596. The Balaban J connectivity index is 2.11. The molecular formula is C14H19FN2. The summed E-state index contributed by atoms with van der Waals surface area (Å²) in [6, 6.07) is 6.66. The molecule has 0 amide bonds. The van der Waals surface area contributed by atoms with Gasteiger partial charge in [0.2, 0.25) is 0 Å². The number of hydrogen-bond acceptors (Lipinski definition) is 1. The predicted octanol–water partition coefficient (Wildman–Crippen LogP) is 3.82. The van der Waals surface area contributed by atoms with Crippen LogP contribution in [0.2, 0.25) is 0 Å². The molecule has 0 saturated heterocycles. The first-order chi connectivity index (χ1) is 8.20. The number of benzene rings is 1. The molecule has 1 aromatic rings. The molecule has 1 N–H and O–H groups in total. The Hall–Kier alpha value is -1.38. The lowest BCUT2D eigenvalue weighted by Crippen LogP contribution is -2.33. The van der Waals surface area contributed by atoms with Crippen LogP contribution in [0.3, 0.4) is 0 Å². The second kappa shape index (κ2) is 5.30. The van der Waals surface area contributed by atoms with Crippen LogP contribution in [0.25, 0.3) is 0 Å². The molecule has 3 heteroatoms. The largest absolute Gasteiger partial charge is 0.331 e. The summed E-state index contributed by atoms with van der Waals surface area (Å²) in [7, 11) is 1.79. The Bertz CT molecular complexity index is 397. The zero-order chi connectivity index (χ0) is 12.3. The Morgan fingerprint density at radius 2 is 1.88 bits per heavy atom. The first kappa shape index (κ1) is 12.1. The van der Waals surface area contributed by atoms with Crippen LogP contribution in [0.15, 0.2) is 24.3 Å². The topological polar surface area (TPSA) is 27.1 Å². The molecule has 1 fully saturated rings. The van der Waals surface area contributed by atoms with Gasteiger partial charge >= 0.3 is 0 Å². The van der Waals surface area contributed by atoms with E-state index in [2.05, 4.69) is 0 Å². The van der Waals surface area contributed by atoms with Crippen LogP contribution < -0.4 is 4.90 Å². The molecule has 17 heavy (non-hydrogen) atoms. The van der Waals surface area contributed by atoms with Crippen molar-refractivity contribution in [3.05, 3.63) is 30.1 Å². The van der Waals surface area contributed by atoms with E-state index in [-0.39, 0.29) is 5.82 Å². The van der Waals surface area contributed by atoms with E-state index in [0.717, 1.165) is 12.8 Å². The quantitative estimate of drug-likeness (QED) is 0.611. The zero-order valence-electron chi connectivity index (χ0n) is 10.2. The van der Waals surface area contributed by atoms with Crippen LogP contribution in [-0.4, -0.2) is 12.9 Å². The van der Waals surface area contributed by atoms with E-state index in [0.29, 0.717) is 17.4 Å². The van der Waals surface area contributed by atoms with E-state index >= 15 is 0 Å². The fraction of sp³-hybridized carbons (Fsp3) is 0.500. The number of rotatable bonds is 2. The second-order valence-corrected chi connectivity index (χ2v) is 4.73. The molecule has 0 radical (unpaired) electrons. The van der Waals surface area contributed by atoms with Gasteiger partial charge in [-0.05, 0) is 25.0 Å². The molecule has 1 aliphatic rings. The van der Waals surface area contributed by atoms with Gasteiger partial charge in [0.1, 0.15) is 11.7 Å². The maximum absolute atomic E-state index is 13.6. The van der Waals surface area contributed by atoms with Gasteiger partial charge in [-0.2, -0.15) is 0 Å². The smallest absolute Gasteiger partial charge is 0.146 e. The average molecular weight is 234 g/mol. The highest BCUT2D eigenvalue weighted by atomic mass is 19.1. The van der Waals surface area contributed by atoms with Crippen molar-refractivity contribution in [2.45, 2.75) is 32.1 Å². The van der Waals surface area contributed by atoms with Crippen molar-refractivity contribution < 1.29 is 4.39 Å². The van der Waals surface area contributed by atoms with E-state index in [1.165, 1.54) is 25.3 Å². The van der Waals surface area contributed by atoms with E-state index < -0.39 is 0 Å². The second-order valence-electron chi connectivity index (χ2n) is 4.73. The predicted molar refractivity (Wildman–Crippen MR) is 69.1 cm³/mol. The third-order valence-electron chi connectivity index (χ3n) is 3.57. The maximum Gasteiger partial charge on any atom is 0.146 e. The number of hydrogen-bond donors (Lipinski definition) is 1. The summed E-state index contributed by atoms with van der Waals surface area (Å²) >= 11 is 0. The van der Waals surface area contributed by atoms with Crippen molar-refractivity contribution in [2.75, 3.05) is 11.9 Å². The summed E-state index contributed by atoms with van der Waals surface area (Å²) in [6.07, 6.45) is 5.79. The third-order valence-corrected chi connectivity index (χ3v) is 3.57. The minimum Gasteiger partial charge on any atom is -0.331 e. The number of halogens is 1. The fourth-order valence-electron chi connectivity index (χ4n) is 2.50. The highest BCUT2D eigenvalue weighted by molar-refractivity contribution is 5.96. The van der Waals surface area contributed by atoms with Gasteiger partial charge in [0.15, 0.2) is 0 Å². The van der Waals surface area contributed by atoms with Gasteiger partial charge in [0, 0.05) is 13.0 Å². The number of nitrogens with zero attached hydrogens (tertiary/aromatic N) is 1. The van der Waals surface area contributed by atoms with Gasteiger partial charge in [0.05, 0.1) is 5.69 Å². The number of nitrogens with one attached hydrogen (secondary N) is 1. The van der Waals surface area contributed by atoms with Crippen molar-refractivity contribution in [3.8, 4) is 0 Å². The van der Waals surface area contributed by atoms with E-state index in [4.69, 9.17) is 5.41 Å². The molecule has 0 atom stereocenters. The van der Waals surface area contributed by atoms with Crippen LogP contribution in [-0.2, 0) is 0 Å². The van der Waals surface area contributed by atoms with Gasteiger partial charge in [-0.15, -0.1) is 0 Å². The minimum absolute atomic E-state index is 0.254. The molecule has 2 nitrogen and oxygen atoms in total. The first-order valence-corrected chi connectivity index (χ1v) is 6.27. The molecule has 1 aliphatic carbocycles. The van der Waals surface area contributed by atoms with Gasteiger partial charge in [-0.25, -0.2) is 4.39 Å². The summed E-state index contributed by atoms with van der Waals surface area (Å²) in [5, 5.41) is 8.18. The van der Waals surface area contributed by atoms with Crippen molar-refractivity contribution in [3.63, 3.8) is 0 Å². The third kappa shape index (κ3) is 2.65. The Kier molecular flexibility index (Phi) is 3.77. The summed E-state index contributed by atoms with van der Waals surface area (Å²) in [6.45, 7) is 0. The first-order valence-electron chi connectivity index (χ1n) is 6.27. The zero-order valence-corrected chi connectivity index (χ0v) is 10.2. The fourth-order valence-corrected chi connectivity index (χ4v) is 2.50. The lowest BCUT2D eigenvalue weighted by Gasteiger charge is -2.29. The van der Waals surface area contributed by atoms with Crippen LogP contribution in [0.4, 0.5) is 10.1 Å². The standard InChI is InChI=1S/C14H19FN2/c1-17(13-10-6-5-9-12(13)15)14(16)11-7-3-2-4-8-11/h5-6,9-11,16H,2-4,7-8H2,1H3. The average Bonchev–Trinajstić information content (AvgIpc) is 2.39. The summed E-state index contributed by atoms with van der Waals surface area (Å²) < 4.78 is 13.6. The molecule has 0 aromatic heterocycles. The molecule has 0 aliphatic heterocycles. The lowest BCUT2D eigenvalue weighted by molar-refractivity contribution is 0.434. The molecule has 0 bridgehead atoms. The summed E-state index contributed by atoms with van der Waals surface area (Å²) in [5.41, 5.74) is 0.503. The highest BCUT2D eigenvalue weighted by Gasteiger charge is 2.22. The van der Waals surface area contributed by atoms with Gasteiger partial charge in [-0.1, -0.05) is 31.4 Å². The van der Waals surface area contributed by atoms with Crippen molar-refractivity contribution in [1.82, 2.24) is 0 Å². The van der Waals surface area contributed by atoms with Gasteiger partial charge < -0.3 is 4.90 Å². The molecular weight excluding hydrogens is 215 g/mol. The Morgan fingerprint density at radius 1 is 1.24 bits per heavy atom. The highest BCUT2D eigenvalue weighted by Crippen LogP contribution is 2.27. The van der Waals surface area contributed by atoms with Gasteiger partial charge in [-0.3, -0.25) is 5.41 Å². The molecule has 92 valence electrons. The molecule has 0 unspecified atom stereocenters. The molecule has 1 saturated carbocycles. The van der Waals surface area contributed by atoms with Crippen molar-refractivity contribution in [1.29, 1.82) is 5.41 Å². The Labute approximate surface area is 102 Å². The number of anilines is 1. The Morgan fingerprint density at radius 3 is 2.53 bits per heavy atom. The molecule has 2 rings (SSSR count). The van der Waals surface area contributed by atoms with Crippen molar-refractivity contribution in [2.24, 2.45) is 5.92 Å². The van der Waals surface area contributed by atoms with Crippen LogP contribution in [0.5, 0.6) is 0 Å². The monoisotopic (exact) mass is 234 g/mol. The van der Waals surface area contributed by atoms with E-state index in [1.807, 2.05) is 6.07 Å². The van der Waals surface area contributed by atoms with Crippen LogP contribution in [0, 0.1) is 17.1 Å². The lowest BCUT2D eigenvalue weighted by atomic mass is 9.88. The molecule has 0 spiro atoms. The SMILES string of the molecule is CN(C(=N)C1CCCCC1)c1ccccc1F.